The van der Waals surface area contributed by atoms with E-state index in [0.29, 0.717) is 0 Å². The second-order valence-corrected chi connectivity index (χ2v) is 6.77. The zero-order valence-corrected chi connectivity index (χ0v) is 12.8. The van der Waals surface area contributed by atoms with Gasteiger partial charge in [-0.1, -0.05) is 13.8 Å². The lowest BCUT2D eigenvalue weighted by Crippen LogP contribution is -2.42. The third-order valence-corrected chi connectivity index (χ3v) is 5.88. The number of rotatable bonds is 3. The fourth-order valence-electron chi connectivity index (χ4n) is 4.80. The Balaban J connectivity index is 1.64. The Bertz CT molecular complexity index is 294. The lowest BCUT2D eigenvalue weighted by Gasteiger charge is -2.34. The molecule has 0 bridgehead atoms. The molecule has 3 aliphatic rings. The van der Waals surface area contributed by atoms with Crippen LogP contribution in [0.4, 0.5) is 0 Å². The van der Waals surface area contributed by atoms with Crippen LogP contribution in [-0.2, 0) is 0 Å². The predicted molar refractivity (Wildman–Crippen MR) is 80.4 cm³/mol. The Morgan fingerprint density at radius 2 is 2.00 bits per heavy atom. The minimum absolute atomic E-state index is 0.859. The second-order valence-electron chi connectivity index (χ2n) is 6.77. The first-order valence-electron chi connectivity index (χ1n) is 8.52. The van der Waals surface area contributed by atoms with Crippen molar-refractivity contribution < 1.29 is 0 Å². The highest BCUT2D eigenvalue weighted by atomic mass is 15.2. The summed E-state index contributed by atoms with van der Waals surface area (Å²) < 4.78 is 0. The number of nitrogens with zero attached hydrogens (tertiary/aromatic N) is 2. The third-order valence-electron chi connectivity index (χ3n) is 5.88. The largest absolute Gasteiger partial charge is 0.316 e. The maximum atomic E-state index is 3.61. The molecule has 1 N–H and O–H groups in total. The normalized spacial score (nSPS) is 41.4. The van der Waals surface area contributed by atoms with Gasteiger partial charge in [0, 0.05) is 18.6 Å². The zero-order valence-electron chi connectivity index (χ0n) is 12.8. The van der Waals surface area contributed by atoms with E-state index in [1.165, 1.54) is 65.0 Å². The summed E-state index contributed by atoms with van der Waals surface area (Å²) in [5.41, 5.74) is 0. The number of fused-ring (bicyclic) bond motifs is 1. The van der Waals surface area contributed by atoms with Crippen molar-refractivity contribution in [2.75, 3.05) is 39.3 Å². The van der Waals surface area contributed by atoms with E-state index in [-0.39, 0.29) is 0 Å². The van der Waals surface area contributed by atoms with E-state index in [1.54, 1.807) is 0 Å². The smallest absolute Gasteiger partial charge is 0.0140 e. The summed E-state index contributed by atoms with van der Waals surface area (Å²) in [5.74, 6) is 1.88. The molecule has 3 heterocycles. The lowest BCUT2D eigenvalue weighted by molar-refractivity contribution is 0.140. The number of likely N-dealkylation sites (tertiary alicyclic amines) is 2. The summed E-state index contributed by atoms with van der Waals surface area (Å²) in [5, 5.41) is 3.61. The molecule has 0 saturated carbocycles. The molecule has 19 heavy (non-hydrogen) atoms. The Morgan fingerprint density at radius 3 is 2.79 bits per heavy atom. The van der Waals surface area contributed by atoms with Gasteiger partial charge in [-0.25, -0.2) is 0 Å². The van der Waals surface area contributed by atoms with Crippen LogP contribution in [-0.4, -0.2) is 61.2 Å². The molecule has 0 amide bonds. The van der Waals surface area contributed by atoms with Crippen LogP contribution in [0.2, 0.25) is 0 Å². The van der Waals surface area contributed by atoms with Crippen molar-refractivity contribution in [3.63, 3.8) is 0 Å². The van der Waals surface area contributed by atoms with Crippen LogP contribution in [0.1, 0.15) is 39.5 Å². The Hall–Kier alpha value is -0.120. The summed E-state index contributed by atoms with van der Waals surface area (Å²) in [7, 11) is 0. The van der Waals surface area contributed by atoms with Crippen LogP contribution in [0.25, 0.3) is 0 Å². The molecule has 4 atom stereocenters. The SMILES string of the molecule is CCC1C2CNCC2CN1C1CCCN(CC)CC1. The van der Waals surface area contributed by atoms with E-state index >= 15 is 0 Å². The molecular formula is C16H31N3. The molecule has 3 nitrogen and oxygen atoms in total. The highest BCUT2D eigenvalue weighted by Crippen LogP contribution is 2.37. The fraction of sp³-hybridized carbons (Fsp3) is 1.00. The average Bonchev–Trinajstić information content (AvgIpc) is 2.91. The summed E-state index contributed by atoms with van der Waals surface area (Å²) in [6.45, 7) is 12.5. The topological polar surface area (TPSA) is 18.5 Å². The first kappa shape index (κ1) is 13.8. The van der Waals surface area contributed by atoms with Crippen molar-refractivity contribution in [3.05, 3.63) is 0 Å². The Morgan fingerprint density at radius 1 is 1.11 bits per heavy atom. The van der Waals surface area contributed by atoms with Crippen molar-refractivity contribution >= 4 is 0 Å². The van der Waals surface area contributed by atoms with E-state index in [0.717, 1.165) is 23.9 Å². The molecule has 4 unspecified atom stereocenters. The monoisotopic (exact) mass is 265 g/mol. The molecule has 0 spiro atoms. The van der Waals surface area contributed by atoms with Gasteiger partial charge in [0.05, 0.1) is 0 Å². The maximum Gasteiger partial charge on any atom is 0.0140 e. The summed E-state index contributed by atoms with van der Waals surface area (Å²) >= 11 is 0. The van der Waals surface area contributed by atoms with E-state index in [9.17, 15) is 0 Å². The van der Waals surface area contributed by atoms with Gasteiger partial charge < -0.3 is 10.2 Å². The summed E-state index contributed by atoms with van der Waals surface area (Å²) in [6, 6.07) is 1.73. The molecule has 3 heteroatoms. The minimum Gasteiger partial charge on any atom is -0.316 e. The molecular weight excluding hydrogens is 234 g/mol. The molecule has 0 aromatic heterocycles. The van der Waals surface area contributed by atoms with E-state index < -0.39 is 0 Å². The Kier molecular flexibility index (Phi) is 4.45. The zero-order chi connectivity index (χ0) is 13.2. The number of hydrogen-bond acceptors (Lipinski definition) is 3. The number of nitrogens with one attached hydrogen (secondary N) is 1. The quantitative estimate of drug-likeness (QED) is 0.839. The predicted octanol–water partition coefficient (Wildman–Crippen LogP) is 1.79. The second kappa shape index (κ2) is 6.11. The van der Waals surface area contributed by atoms with Crippen LogP contribution < -0.4 is 5.32 Å². The summed E-state index contributed by atoms with van der Waals surface area (Å²) in [6.07, 6.45) is 5.58. The van der Waals surface area contributed by atoms with Gasteiger partial charge in [-0.05, 0) is 70.2 Å². The molecule has 0 aliphatic carbocycles. The fourth-order valence-corrected chi connectivity index (χ4v) is 4.80. The van der Waals surface area contributed by atoms with Gasteiger partial charge in [0.15, 0.2) is 0 Å². The van der Waals surface area contributed by atoms with Crippen molar-refractivity contribution in [1.82, 2.24) is 15.1 Å². The van der Waals surface area contributed by atoms with Gasteiger partial charge in [0.25, 0.3) is 0 Å². The first-order valence-corrected chi connectivity index (χ1v) is 8.52. The molecule has 0 aromatic rings. The minimum atomic E-state index is 0.859. The van der Waals surface area contributed by atoms with Gasteiger partial charge in [0.1, 0.15) is 0 Å². The highest BCUT2D eigenvalue weighted by Gasteiger charge is 2.45. The van der Waals surface area contributed by atoms with Gasteiger partial charge in [-0.2, -0.15) is 0 Å². The molecule has 3 aliphatic heterocycles. The van der Waals surface area contributed by atoms with Crippen molar-refractivity contribution in [3.8, 4) is 0 Å². The molecule has 0 radical (unpaired) electrons. The maximum absolute atomic E-state index is 3.61. The van der Waals surface area contributed by atoms with Crippen LogP contribution in [0.3, 0.4) is 0 Å². The summed E-state index contributed by atoms with van der Waals surface area (Å²) in [4.78, 5) is 5.55. The van der Waals surface area contributed by atoms with Crippen LogP contribution in [0.15, 0.2) is 0 Å². The van der Waals surface area contributed by atoms with Gasteiger partial charge in [-0.15, -0.1) is 0 Å². The van der Waals surface area contributed by atoms with Crippen molar-refractivity contribution in [2.24, 2.45) is 11.8 Å². The number of hydrogen-bond donors (Lipinski definition) is 1. The molecule has 110 valence electrons. The standard InChI is InChI=1S/C16H31N3/c1-3-16-15-11-17-10-13(15)12-19(16)14-6-5-8-18(4-2)9-7-14/h13-17H,3-12H2,1-2H3. The van der Waals surface area contributed by atoms with Crippen LogP contribution >= 0.6 is 0 Å². The van der Waals surface area contributed by atoms with Crippen molar-refractivity contribution in [2.45, 2.75) is 51.6 Å². The third kappa shape index (κ3) is 2.70. The average molecular weight is 265 g/mol. The molecule has 3 rings (SSSR count). The van der Waals surface area contributed by atoms with Crippen molar-refractivity contribution in [1.29, 1.82) is 0 Å². The molecule has 0 aromatic carbocycles. The molecule has 3 fully saturated rings. The van der Waals surface area contributed by atoms with E-state index in [4.69, 9.17) is 0 Å². The van der Waals surface area contributed by atoms with Gasteiger partial charge in [-0.3, -0.25) is 4.90 Å². The van der Waals surface area contributed by atoms with Gasteiger partial charge in [0.2, 0.25) is 0 Å². The Labute approximate surface area is 118 Å². The lowest BCUT2D eigenvalue weighted by atomic mass is 9.92. The van der Waals surface area contributed by atoms with Crippen LogP contribution in [0, 0.1) is 11.8 Å². The van der Waals surface area contributed by atoms with Gasteiger partial charge >= 0.3 is 0 Å². The van der Waals surface area contributed by atoms with Crippen LogP contribution in [0.5, 0.6) is 0 Å². The molecule has 3 saturated heterocycles. The first-order chi connectivity index (χ1) is 9.33. The van der Waals surface area contributed by atoms with E-state index in [2.05, 4.69) is 29.0 Å². The van der Waals surface area contributed by atoms with E-state index in [1.807, 2.05) is 0 Å². The highest BCUT2D eigenvalue weighted by molar-refractivity contribution is 5.00.